The SMILES string of the molecule is O=C(F)Cc1nn[nH]c1-c1ccccc1. The molecule has 0 bridgehead atoms. The minimum absolute atomic E-state index is 0.328. The summed E-state index contributed by atoms with van der Waals surface area (Å²) in [5, 5.41) is 9.87. The summed E-state index contributed by atoms with van der Waals surface area (Å²) >= 11 is 0. The van der Waals surface area contributed by atoms with Gasteiger partial charge in [-0.25, -0.2) is 0 Å². The molecule has 0 saturated carbocycles. The van der Waals surface area contributed by atoms with Crippen LogP contribution in [0.3, 0.4) is 0 Å². The van der Waals surface area contributed by atoms with E-state index in [1.807, 2.05) is 30.3 Å². The molecule has 2 aromatic rings. The third kappa shape index (κ3) is 2.07. The standard InChI is InChI=1S/C10H8FN3O/c11-9(15)6-8-10(13-14-12-8)7-4-2-1-3-5-7/h1-5H,6H2,(H,12,13,14). The molecule has 2 rings (SSSR count). The van der Waals surface area contributed by atoms with Crippen LogP contribution in [-0.4, -0.2) is 21.4 Å². The second kappa shape index (κ2) is 4.00. The van der Waals surface area contributed by atoms with Gasteiger partial charge >= 0.3 is 6.04 Å². The van der Waals surface area contributed by atoms with Crippen molar-refractivity contribution in [2.24, 2.45) is 0 Å². The summed E-state index contributed by atoms with van der Waals surface area (Å²) in [4.78, 5) is 10.3. The highest BCUT2D eigenvalue weighted by Crippen LogP contribution is 2.19. The molecule has 76 valence electrons. The van der Waals surface area contributed by atoms with Gasteiger partial charge in [-0.2, -0.15) is 4.39 Å². The van der Waals surface area contributed by atoms with E-state index in [4.69, 9.17) is 0 Å². The number of hydrogen-bond donors (Lipinski definition) is 1. The van der Waals surface area contributed by atoms with E-state index in [0.29, 0.717) is 11.4 Å². The van der Waals surface area contributed by atoms with Crippen LogP contribution in [0.1, 0.15) is 5.69 Å². The van der Waals surface area contributed by atoms with Crippen LogP contribution in [0.4, 0.5) is 4.39 Å². The predicted octanol–water partition coefficient (Wildman–Crippen LogP) is 1.51. The molecule has 0 aliphatic heterocycles. The molecular weight excluding hydrogens is 197 g/mol. The summed E-state index contributed by atoms with van der Waals surface area (Å²) < 4.78 is 12.2. The fraction of sp³-hybridized carbons (Fsp3) is 0.100. The number of halogens is 1. The lowest BCUT2D eigenvalue weighted by atomic mass is 10.1. The first-order valence-corrected chi connectivity index (χ1v) is 4.41. The first-order valence-electron chi connectivity index (χ1n) is 4.41. The monoisotopic (exact) mass is 205 g/mol. The fourth-order valence-corrected chi connectivity index (χ4v) is 1.34. The molecule has 0 aliphatic rings. The molecule has 0 aliphatic carbocycles. The molecule has 15 heavy (non-hydrogen) atoms. The number of rotatable bonds is 3. The van der Waals surface area contributed by atoms with Crippen LogP contribution in [-0.2, 0) is 11.2 Å². The molecule has 4 nitrogen and oxygen atoms in total. The molecule has 0 atom stereocenters. The van der Waals surface area contributed by atoms with Crippen molar-refractivity contribution in [1.82, 2.24) is 15.4 Å². The lowest BCUT2D eigenvalue weighted by Gasteiger charge is -1.97. The zero-order chi connectivity index (χ0) is 10.7. The summed E-state index contributed by atoms with van der Waals surface area (Å²) in [6.07, 6.45) is -0.347. The number of nitrogens with zero attached hydrogens (tertiary/aromatic N) is 2. The predicted molar refractivity (Wildman–Crippen MR) is 51.6 cm³/mol. The molecule has 0 fully saturated rings. The van der Waals surface area contributed by atoms with Crippen LogP contribution >= 0.6 is 0 Å². The Hall–Kier alpha value is -2.04. The zero-order valence-electron chi connectivity index (χ0n) is 7.77. The number of aromatic nitrogens is 3. The first kappa shape index (κ1) is 9.51. The Bertz CT molecular complexity index is 467. The van der Waals surface area contributed by atoms with E-state index in [-0.39, 0.29) is 6.42 Å². The molecule has 0 amide bonds. The number of aromatic amines is 1. The molecule has 1 aromatic carbocycles. The fourth-order valence-electron chi connectivity index (χ4n) is 1.34. The van der Waals surface area contributed by atoms with E-state index in [9.17, 15) is 9.18 Å². The van der Waals surface area contributed by atoms with Crippen molar-refractivity contribution < 1.29 is 9.18 Å². The smallest absolute Gasteiger partial charge is 0.261 e. The molecule has 0 unspecified atom stereocenters. The first-order chi connectivity index (χ1) is 7.27. The van der Waals surface area contributed by atoms with E-state index >= 15 is 0 Å². The van der Waals surface area contributed by atoms with Crippen molar-refractivity contribution in [3.63, 3.8) is 0 Å². The number of nitrogens with one attached hydrogen (secondary N) is 1. The van der Waals surface area contributed by atoms with Crippen molar-refractivity contribution in [1.29, 1.82) is 0 Å². The maximum absolute atomic E-state index is 12.2. The highest BCUT2D eigenvalue weighted by Gasteiger charge is 2.12. The van der Waals surface area contributed by atoms with Gasteiger partial charge < -0.3 is 0 Å². The van der Waals surface area contributed by atoms with Gasteiger partial charge in [0.1, 0.15) is 5.69 Å². The normalized spacial score (nSPS) is 10.2. The number of carbonyl (C=O) groups is 1. The Balaban J connectivity index is 2.37. The summed E-state index contributed by atoms with van der Waals surface area (Å²) in [5.74, 6) is 0. The van der Waals surface area contributed by atoms with Gasteiger partial charge in [0.25, 0.3) is 0 Å². The van der Waals surface area contributed by atoms with Crippen molar-refractivity contribution >= 4 is 6.04 Å². The van der Waals surface area contributed by atoms with E-state index in [0.717, 1.165) is 5.56 Å². The Labute approximate surface area is 85.1 Å². The minimum atomic E-state index is -1.42. The lowest BCUT2D eigenvalue weighted by Crippen LogP contribution is -1.97. The second-order valence-corrected chi connectivity index (χ2v) is 3.03. The second-order valence-electron chi connectivity index (χ2n) is 3.03. The van der Waals surface area contributed by atoms with E-state index in [1.165, 1.54) is 0 Å². The maximum Gasteiger partial charge on any atom is 0.307 e. The van der Waals surface area contributed by atoms with Gasteiger partial charge in [-0.05, 0) is 0 Å². The van der Waals surface area contributed by atoms with E-state index in [1.54, 1.807) is 0 Å². The third-order valence-corrected chi connectivity index (χ3v) is 1.99. The number of hydrogen-bond acceptors (Lipinski definition) is 3. The van der Waals surface area contributed by atoms with Gasteiger partial charge in [0.15, 0.2) is 0 Å². The minimum Gasteiger partial charge on any atom is -0.261 e. The number of carbonyl (C=O) groups excluding carboxylic acids is 1. The maximum atomic E-state index is 12.2. The summed E-state index contributed by atoms with van der Waals surface area (Å²) in [7, 11) is 0. The van der Waals surface area contributed by atoms with Gasteiger partial charge in [-0.1, -0.05) is 35.5 Å². The Morgan fingerprint density at radius 1 is 1.33 bits per heavy atom. The zero-order valence-corrected chi connectivity index (χ0v) is 7.77. The summed E-state index contributed by atoms with van der Waals surface area (Å²) in [6.45, 7) is 0. The van der Waals surface area contributed by atoms with Gasteiger partial charge in [0, 0.05) is 5.56 Å². The largest absolute Gasteiger partial charge is 0.307 e. The molecule has 0 spiro atoms. The summed E-state index contributed by atoms with van der Waals surface area (Å²) in [5.41, 5.74) is 1.74. The molecule has 1 heterocycles. The van der Waals surface area contributed by atoms with Crippen molar-refractivity contribution in [3.8, 4) is 11.3 Å². The van der Waals surface area contributed by atoms with Gasteiger partial charge in [0.05, 0.1) is 12.1 Å². The van der Waals surface area contributed by atoms with Crippen molar-refractivity contribution in [3.05, 3.63) is 36.0 Å². The topological polar surface area (TPSA) is 58.6 Å². The highest BCUT2D eigenvalue weighted by atomic mass is 19.1. The van der Waals surface area contributed by atoms with Crippen LogP contribution in [0.15, 0.2) is 30.3 Å². The molecule has 0 radical (unpaired) electrons. The van der Waals surface area contributed by atoms with Gasteiger partial charge in [-0.15, -0.1) is 5.10 Å². The average molecular weight is 205 g/mol. The van der Waals surface area contributed by atoms with Gasteiger partial charge in [0.2, 0.25) is 0 Å². The van der Waals surface area contributed by atoms with Gasteiger partial charge in [-0.3, -0.25) is 9.89 Å². The third-order valence-electron chi connectivity index (χ3n) is 1.99. The van der Waals surface area contributed by atoms with Crippen LogP contribution in [0, 0.1) is 0 Å². The Kier molecular flexibility index (Phi) is 2.53. The Morgan fingerprint density at radius 2 is 2.07 bits per heavy atom. The number of benzene rings is 1. The van der Waals surface area contributed by atoms with Crippen LogP contribution in [0.25, 0.3) is 11.3 Å². The van der Waals surface area contributed by atoms with Crippen LogP contribution < -0.4 is 0 Å². The van der Waals surface area contributed by atoms with Crippen molar-refractivity contribution in [2.75, 3.05) is 0 Å². The molecule has 5 heteroatoms. The van der Waals surface area contributed by atoms with Crippen LogP contribution in [0.2, 0.25) is 0 Å². The van der Waals surface area contributed by atoms with E-state index in [2.05, 4.69) is 15.4 Å². The Morgan fingerprint density at radius 3 is 2.73 bits per heavy atom. The lowest BCUT2D eigenvalue weighted by molar-refractivity contribution is -0.128. The molecular formula is C10H8FN3O. The highest BCUT2D eigenvalue weighted by molar-refractivity contribution is 5.74. The molecule has 1 aromatic heterocycles. The van der Waals surface area contributed by atoms with Crippen molar-refractivity contribution in [2.45, 2.75) is 6.42 Å². The quantitative estimate of drug-likeness (QED) is 0.772. The average Bonchev–Trinajstić information content (AvgIpc) is 2.66. The number of H-pyrrole nitrogens is 1. The molecule has 1 N–H and O–H groups in total. The van der Waals surface area contributed by atoms with Crippen LogP contribution in [0.5, 0.6) is 0 Å². The summed E-state index contributed by atoms with van der Waals surface area (Å²) in [6, 6.07) is 7.81. The molecule has 0 saturated heterocycles. The van der Waals surface area contributed by atoms with E-state index < -0.39 is 6.04 Å².